The number of aliphatic hydroxyl groups is 1. The van der Waals surface area contributed by atoms with E-state index < -0.39 is 6.10 Å². The summed E-state index contributed by atoms with van der Waals surface area (Å²) in [6.07, 6.45) is 4.15. The van der Waals surface area contributed by atoms with E-state index in [1.807, 2.05) is 18.2 Å². The molecule has 2 heterocycles. The van der Waals surface area contributed by atoms with E-state index in [1.165, 1.54) is 10.4 Å². The molecule has 0 saturated heterocycles. The van der Waals surface area contributed by atoms with E-state index >= 15 is 0 Å². The van der Waals surface area contributed by atoms with E-state index in [4.69, 9.17) is 9.72 Å². The number of nitrogens with zero attached hydrogens (tertiary/aromatic N) is 2. The number of ether oxygens (including phenoxy) is 1. The Morgan fingerprint density at radius 3 is 2.93 bits per heavy atom. The molecule has 0 radical (unpaired) electrons. The number of H-pyrrole nitrogens is 1. The predicted octanol–water partition coefficient (Wildman–Crippen LogP) is 3.04. The van der Waals surface area contributed by atoms with Gasteiger partial charge < -0.3 is 14.8 Å². The van der Waals surface area contributed by atoms with Gasteiger partial charge in [0.2, 0.25) is 0 Å². The normalized spacial score (nSPS) is 14.3. The lowest BCUT2D eigenvalue weighted by Gasteiger charge is -2.24. The molecular weight excluding hydrogens is 398 g/mol. The van der Waals surface area contributed by atoms with Gasteiger partial charge >= 0.3 is 0 Å². The number of rotatable bonds is 10. The van der Waals surface area contributed by atoms with Crippen molar-refractivity contribution in [1.82, 2.24) is 14.9 Å². The fraction of sp³-hybridized carbons (Fsp3) is 0.391. The van der Waals surface area contributed by atoms with Crippen LogP contribution in [0.4, 0.5) is 0 Å². The van der Waals surface area contributed by atoms with Crippen molar-refractivity contribution in [3.8, 4) is 0 Å². The molecule has 1 aliphatic carbocycles. The Labute approximate surface area is 179 Å². The molecule has 0 saturated carbocycles. The zero-order valence-corrected chi connectivity index (χ0v) is 17.8. The van der Waals surface area contributed by atoms with Gasteiger partial charge in [-0.2, -0.15) is 0 Å². The SMILES string of the molecule is C=CCOCC(O)CN(Cc1ccccc1)Cc1nc2sc3c(c2c(=O)[nH]1)CCC3. The molecule has 4 rings (SSSR count). The zero-order valence-electron chi connectivity index (χ0n) is 17.0. The Kier molecular flexibility index (Phi) is 6.74. The van der Waals surface area contributed by atoms with Crippen LogP contribution in [0.5, 0.6) is 0 Å². The van der Waals surface area contributed by atoms with Crippen molar-refractivity contribution in [2.75, 3.05) is 19.8 Å². The van der Waals surface area contributed by atoms with Crippen LogP contribution in [0.25, 0.3) is 10.2 Å². The number of aliphatic hydroxyl groups excluding tert-OH is 1. The minimum atomic E-state index is -0.644. The number of thiophene rings is 1. The van der Waals surface area contributed by atoms with Gasteiger partial charge in [-0.15, -0.1) is 17.9 Å². The number of aromatic amines is 1. The number of fused-ring (bicyclic) bond motifs is 3. The van der Waals surface area contributed by atoms with Gasteiger partial charge in [-0.3, -0.25) is 9.69 Å². The summed E-state index contributed by atoms with van der Waals surface area (Å²) < 4.78 is 5.39. The molecular formula is C23H27N3O3S. The van der Waals surface area contributed by atoms with E-state index in [9.17, 15) is 9.90 Å². The van der Waals surface area contributed by atoms with E-state index in [0.29, 0.717) is 32.1 Å². The van der Waals surface area contributed by atoms with Crippen molar-refractivity contribution in [1.29, 1.82) is 0 Å². The molecule has 3 aromatic rings. The molecule has 0 fully saturated rings. The highest BCUT2D eigenvalue weighted by Crippen LogP contribution is 2.34. The van der Waals surface area contributed by atoms with Gasteiger partial charge in [0, 0.05) is 18.0 Å². The fourth-order valence-corrected chi connectivity index (χ4v) is 5.28. The van der Waals surface area contributed by atoms with Crippen molar-refractivity contribution >= 4 is 21.6 Å². The lowest BCUT2D eigenvalue weighted by Crippen LogP contribution is -2.35. The number of hydrogen-bond acceptors (Lipinski definition) is 6. The van der Waals surface area contributed by atoms with Crippen molar-refractivity contribution in [2.24, 2.45) is 0 Å². The largest absolute Gasteiger partial charge is 0.389 e. The molecule has 2 N–H and O–H groups in total. The summed E-state index contributed by atoms with van der Waals surface area (Å²) in [4.78, 5) is 24.7. The lowest BCUT2D eigenvalue weighted by atomic mass is 10.2. The average Bonchev–Trinajstić information content (AvgIpc) is 3.29. The standard InChI is InChI=1S/C23H27N3O3S/c1-2-11-29-15-17(27)13-26(12-16-7-4-3-5-8-16)14-20-24-22(28)21-18-9-6-10-19(18)30-23(21)25-20/h2-5,7-8,17,27H,1,6,9-15H2,(H,24,25,28). The van der Waals surface area contributed by atoms with Crippen LogP contribution in [-0.2, 0) is 30.7 Å². The molecule has 0 aliphatic heterocycles. The van der Waals surface area contributed by atoms with Crippen LogP contribution in [0.2, 0.25) is 0 Å². The summed E-state index contributed by atoms with van der Waals surface area (Å²) in [7, 11) is 0. The van der Waals surface area contributed by atoms with Gasteiger partial charge in [-0.1, -0.05) is 36.4 Å². The highest BCUT2D eigenvalue weighted by molar-refractivity contribution is 7.18. The maximum absolute atomic E-state index is 12.8. The topological polar surface area (TPSA) is 78.5 Å². The smallest absolute Gasteiger partial charge is 0.259 e. The molecule has 0 spiro atoms. The number of benzene rings is 1. The monoisotopic (exact) mass is 425 g/mol. The van der Waals surface area contributed by atoms with Crippen LogP contribution < -0.4 is 5.56 Å². The molecule has 158 valence electrons. The predicted molar refractivity (Wildman–Crippen MR) is 120 cm³/mol. The van der Waals surface area contributed by atoms with Crippen molar-refractivity contribution < 1.29 is 9.84 Å². The Hall–Kier alpha value is -2.32. The quantitative estimate of drug-likeness (QED) is 0.386. The summed E-state index contributed by atoms with van der Waals surface area (Å²) in [5, 5.41) is 11.2. The summed E-state index contributed by atoms with van der Waals surface area (Å²) in [5.74, 6) is 0.627. The molecule has 1 aliphatic rings. The summed E-state index contributed by atoms with van der Waals surface area (Å²) in [6, 6.07) is 10.1. The van der Waals surface area contributed by atoms with Gasteiger partial charge in [0.15, 0.2) is 0 Å². The second kappa shape index (κ2) is 9.66. The maximum Gasteiger partial charge on any atom is 0.259 e. The highest BCUT2D eigenvalue weighted by atomic mass is 32.1. The highest BCUT2D eigenvalue weighted by Gasteiger charge is 2.22. The molecule has 2 aromatic heterocycles. The molecule has 1 aromatic carbocycles. The summed E-state index contributed by atoms with van der Waals surface area (Å²) in [6.45, 7) is 5.76. The van der Waals surface area contributed by atoms with Crippen molar-refractivity contribution in [3.05, 3.63) is 75.2 Å². The molecule has 1 unspecified atom stereocenters. The van der Waals surface area contributed by atoms with E-state index in [1.54, 1.807) is 17.4 Å². The van der Waals surface area contributed by atoms with Crippen LogP contribution in [0.3, 0.4) is 0 Å². The minimum Gasteiger partial charge on any atom is -0.389 e. The second-order valence-electron chi connectivity index (χ2n) is 7.69. The van der Waals surface area contributed by atoms with Crippen molar-refractivity contribution in [3.63, 3.8) is 0 Å². The third-order valence-electron chi connectivity index (χ3n) is 5.26. The van der Waals surface area contributed by atoms with Crippen LogP contribution in [0.1, 0.15) is 28.2 Å². The number of hydrogen-bond donors (Lipinski definition) is 2. The Balaban J connectivity index is 1.54. The Morgan fingerprint density at radius 2 is 2.13 bits per heavy atom. The molecule has 0 bridgehead atoms. The first-order valence-corrected chi connectivity index (χ1v) is 11.1. The number of aryl methyl sites for hydroxylation is 2. The van der Waals surface area contributed by atoms with Gasteiger partial charge in [0.25, 0.3) is 5.56 Å². The molecule has 6 nitrogen and oxygen atoms in total. The molecule has 1 atom stereocenters. The maximum atomic E-state index is 12.8. The molecule has 30 heavy (non-hydrogen) atoms. The minimum absolute atomic E-state index is 0.0519. The molecule has 7 heteroatoms. The molecule has 0 amide bonds. The van der Waals surface area contributed by atoms with Crippen LogP contribution in [-0.4, -0.2) is 45.8 Å². The van der Waals surface area contributed by atoms with E-state index in [2.05, 4.69) is 28.6 Å². The second-order valence-corrected chi connectivity index (χ2v) is 8.77. The zero-order chi connectivity index (χ0) is 20.9. The third-order valence-corrected chi connectivity index (χ3v) is 6.45. The van der Waals surface area contributed by atoms with Crippen molar-refractivity contribution in [2.45, 2.75) is 38.5 Å². The Bertz CT molecular complexity index is 1060. The average molecular weight is 426 g/mol. The Morgan fingerprint density at radius 1 is 1.30 bits per heavy atom. The van der Waals surface area contributed by atoms with Crippen LogP contribution in [0, 0.1) is 0 Å². The third kappa shape index (κ3) is 4.87. The summed E-state index contributed by atoms with van der Waals surface area (Å²) in [5.41, 5.74) is 2.27. The first kappa shape index (κ1) is 20.9. The number of nitrogens with one attached hydrogen (secondary N) is 1. The van der Waals surface area contributed by atoms with Crippen LogP contribution in [0.15, 0.2) is 47.8 Å². The first-order chi connectivity index (χ1) is 14.6. The van der Waals surface area contributed by atoms with Gasteiger partial charge in [-0.05, 0) is 30.4 Å². The van der Waals surface area contributed by atoms with E-state index in [0.717, 1.165) is 35.0 Å². The van der Waals surface area contributed by atoms with Gasteiger partial charge in [0.05, 0.1) is 31.2 Å². The summed E-state index contributed by atoms with van der Waals surface area (Å²) >= 11 is 1.64. The van der Waals surface area contributed by atoms with Gasteiger partial charge in [-0.25, -0.2) is 4.98 Å². The fourth-order valence-electron chi connectivity index (χ4n) is 4.00. The van der Waals surface area contributed by atoms with Crippen LogP contribution >= 0.6 is 11.3 Å². The lowest BCUT2D eigenvalue weighted by molar-refractivity contribution is 0.0223. The number of aromatic nitrogens is 2. The van der Waals surface area contributed by atoms with E-state index in [-0.39, 0.29) is 12.2 Å². The first-order valence-electron chi connectivity index (χ1n) is 10.3. The van der Waals surface area contributed by atoms with Gasteiger partial charge in [0.1, 0.15) is 10.7 Å².